The summed E-state index contributed by atoms with van der Waals surface area (Å²) in [6.45, 7) is 2.71. The van der Waals surface area contributed by atoms with Crippen LogP contribution in [0.3, 0.4) is 0 Å². The lowest BCUT2D eigenvalue weighted by atomic mass is 9.53. The van der Waals surface area contributed by atoms with Crippen molar-refractivity contribution in [3.8, 4) is 0 Å². The summed E-state index contributed by atoms with van der Waals surface area (Å²) in [6.07, 6.45) is 30.3. The van der Waals surface area contributed by atoms with Crippen molar-refractivity contribution in [3.63, 3.8) is 0 Å². The van der Waals surface area contributed by atoms with Crippen molar-refractivity contribution in [3.05, 3.63) is 0 Å². The van der Waals surface area contributed by atoms with Gasteiger partial charge in [0.1, 0.15) is 0 Å². The van der Waals surface area contributed by atoms with Crippen molar-refractivity contribution in [1.29, 1.82) is 0 Å². The van der Waals surface area contributed by atoms with E-state index in [9.17, 15) is 0 Å². The zero-order valence-electron chi connectivity index (χ0n) is 20.8. The van der Waals surface area contributed by atoms with Crippen LogP contribution in [0.25, 0.3) is 0 Å². The summed E-state index contributed by atoms with van der Waals surface area (Å²) in [5.74, 6) is 12.2. The Labute approximate surface area is 216 Å². The molecule has 0 aliphatic heterocycles. The molecule has 34 heavy (non-hydrogen) atoms. The van der Waals surface area contributed by atoms with E-state index in [0.29, 0.717) is 0 Å². The topological polar surface area (TPSA) is 0 Å². The Balaban J connectivity index is 0.00000108. The Morgan fingerprint density at radius 1 is 0.382 bits per heavy atom. The van der Waals surface area contributed by atoms with E-state index in [0.717, 1.165) is 65.1 Å². The second-order valence-corrected chi connectivity index (χ2v) is 13.8. The van der Waals surface area contributed by atoms with Gasteiger partial charge in [0.15, 0.2) is 0 Å². The number of hydrogen-bond donors (Lipinski definition) is 0. The first-order chi connectivity index (χ1) is 15.3. The molecular weight excluding hydrogens is 408 g/mol. The monoisotopic (exact) mass is 473 g/mol. The second-order valence-electron chi connectivity index (χ2n) is 13.8. The van der Waals surface area contributed by atoms with Crippen molar-refractivity contribution >= 4 is 0 Å². The van der Waals surface area contributed by atoms with Crippen LogP contribution in [0.5, 0.6) is 0 Å². The van der Waals surface area contributed by atoms with Gasteiger partial charge in [-0.3, -0.25) is 0 Å². The van der Waals surface area contributed by atoms with Crippen LogP contribution in [0.1, 0.15) is 151 Å². The molecule has 6 rings (SSSR count). The molecule has 0 heteroatoms. The molecule has 200 valence electrons. The minimum absolute atomic E-state index is 0. The normalized spacial score (nSPS) is 48.4. The summed E-state index contributed by atoms with van der Waals surface area (Å²) in [5, 5.41) is 0. The molecule has 11 atom stereocenters. The van der Waals surface area contributed by atoms with Gasteiger partial charge in [0, 0.05) is 0 Å². The molecule has 0 aromatic rings. The third kappa shape index (κ3) is 5.47. The van der Waals surface area contributed by atoms with E-state index >= 15 is 0 Å². The minimum Gasteiger partial charge on any atom is -0.0776 e. The third-order valence-electron chi connectivity index (χ3n) is 12.5. The van der Waals surface area contributed by atoms with Gasteiger partial charge in [0.25, 0.3) is 0 Å². The van der Waals surface area contributed by atoms with Crippen molar-refractivity contribution < 1.29 is 0 Å². The van der Waals surface area contributed by atoms with Gasteiger partial charge in [-0.05, 0) is 110 Å². The molecule has 0 heterocycles. The van der Waals surface area contributed by atoms with Crippen molar-refractivity contribution in [2.24, 2.45) is 65.1 Å². The Kier molecular flexibility index (Phi) is 10.5. The maximum Gasteiger partial charge on any atom is -0.0326 e. The SMILES string of the molecule is C.C.C.CC1CCCC(C2CCC3CCCCC3C2)C2CCC3CCCC4CCCC4C1C2C3. The number of fused-ring (bicyclic) bond motifs is 4. The first-order valence-electron chi connectivity index (χ1n) is 15.3. The lowest BCUT2D eigenvalue weighted by Crippen LogP contribution is -2.45. The van der Waals surface area contributed by atoms with E-state index in [1.54, 1.807) is 122 Å². The van der Waals surface area contributed by atoms with Gasteiger partial charge in [-0.2, -0.15) is 0 Å². The molecular formula is C34H64. The molecule has 6 saturated carbocycles. The van der Waals surface area contributed by atoms with Crippen molar-refractivity contribution in [1.82, 2.24) is 0 Å². The van der Waals surface area contributed by atoms with Crippen LogP contribution in [0, 0.1) is 65.1 Å². The van der Waals surface area contributed by atoms with Crippen LogP contribution in [0.4, 0.5) is 0 Å². The van der Waals surface area contributed by atoms with Gasteiger partial charge in [-0.15, -0.1) is 0 Å². The van der Waals surface area contributed by atoms with Gasteiger partial charge >= 0.3 is 0 Å². The van der Waals surface area contributed by atoms with Crippen LogP contribution in [-0.4, -0.2) is 0 Å². The second kappa shape index (κ2) is 12.5. The summed E-state index contributed by atoms with van der Waals surface area (Å²) in [5.41, 5.74) is 0. The van der Waals surface area contributed by atoms with Gasteiger partial charge < -0.3 is 0 Å². The summed E-state index contributed by atoms with van der Waals surface area (Å²) in [7, 11) is 0. The van der Waals surface area contributed by atoms with E-state index in [2.05, 4.69) is 6.92 Å². The van der Waals surface area contributed by atoms with Gasteiger partial charge in [-0.25, -0.2) is 0 Å². The summed E-state index contributed by atoms with van der Waals surface area (Å²) in [4.78, 5) is 0. The highest BCUT2D eigenvalue weighted by atomic mass is 14.5. The van der Waals surface area contributed by atoms with E-state index in [4.69, 9.17) is 0 Å². The van der Waals surface area contributed by atoms with Gasteiger partial charge in [0.2, 0.25) is 0 Å². The highest BCUT2D eigenvalue weighted by molar-refractivity contribution is 4.99. The Morgan fingerprint density at radius 3 is 1.85 bits per heavy atom. The third-order valence-corrected chi connectivity index (χ3v) is 12.5. The van der Waals surface area contributed by atoms with Crippen molar-refractivity contribution in [2.75, 3.05) is 0 Å². The summed E-state index contributed by atoms with van der Waals surface area (Å²) >= 11 is 0. The molecule has 6 fully saturated rings. The van der Waals surface area contributed by atoms with Gasteiger partial charge in [0.05, 0.1) is 0 Å². The van der Waals surface area contributed by atoms with Crippen LogP contribution < -0.4 is 0 Å². The molecule has 0 spiro atoms. The Hall–Kier alpha value is 0. The fourth-order valence-electron chi connectivity index (χ4n) is 11.3. The zero-order chi connectivity index (χ0) is 20.8. The fraction of sp³-hybridized carbons (Fsp3) is 1.00. The molecule has 0 saturated heterocycles. The van der Waals surface area contributed by atoms with E-state index in [-0.39, 0.29) is 22.3 Å². The average Bonchev–Trinajstić information content (AvgIpc) is 3.25. The summed E-state index contributed by atoms with van der Waals surface area (Å²) < 4.78 is 0. The van der Waals surface area contributed by atoms with Gasteiger partial charge in [-0.1, -0.05) is 106 Å². The van der Waals surface area contributed by atoms with E-state index in [1.807, 2.05) is 0 Å². The lowest BCUT2D eigenvalue weighted by Gasteiger charge is -2.52. The molecule has 0 aromatic carbocycles. The maximum atomic E-state index is 2.71. The predicted octanol–water partition coefficient (Wildman–Crippen LogP) is 11.2. The van der Waals surface area contributed by atoms with Crippen molar-refractivity contribution in [2.45, 2.75) is 151 Å². The van der Waals surface area contributed by atoms with E-state index < -0.39 is 0 Å². The molecule has 11 unspecified atom stereocenters. The molecule has 6 aliphatic carbocycles. The summed E-state index contributed by atoms with van der Waals surface area (Å²) in [6, 6.07) is 0. The molecule has 0 N–H and O–H groups in total. The van der Waals surface area contributed by atoms with E-state index in [1.165, 1.54) is 0 Å². The van der Waals surface area contributed by atoms with Crippen LogP contribution in [0.2, 0.25) is 0 Å². The maximum absolute atomic E-state index is 2.71. The highest BCUT2D eigenvalue weighted by Crippen LogP contribution is 2.58. The highest BCUT2D eigenvalue weighted by Gasteiger charge is 2.49. The minimum atomic E-state index is 0. The van der Waals surface area contributed by atoms with Crippen LogP contribution in [-0.2, 0) is 0 Å². The fourth-order valence-corrected chi connectivity index (χ4v) is 11.3. The molecule has 0 aromatic heterocycles. The quantitative estimate of drug-likeness (QED) is 0.356. The zero-order valence-corrected chi connectivity index (χ0v) is 20.8. The molecule has 0 amide bonds. The first kappa shape index (κ1) is 28.6. The Morgan fingerprint density at radius 2 is 1.03 bits per heavy atom. The lowest BCUT2D eigenvalue weighted by molar-refractivity contribution is -0.0319. The molecule has 0 nitrogen and oxygen atoms in total. The molecule has 0 radical (unpaired) electrons. The number of hydrogen-bond acceptors (Lipinski definition) is 0. The largest absolute Gasteiger partial charge is 0.0776 e. The average molecular weight is 473 g/mol. The standard InChI is InChI=1S/C31H52.3CH4/c1-21-7-4-13-27(26-17-16-23-9-2-3-10-25(23)20-26)29-18-15-22-8-5-11-24-12-6-14-28(24)31(21)30(29)19-22;;;/h21-31H,2-20H2,1H3;3*1H4. The van der Waals surface area contributed by atoms with Crippen LogP contribution >= 0.6 is 0 Å². The molecule has 6 aliphatic rings. The van der Waals surface area contributed by atoms with Crippen LogP contribution in [0.15, 0.2) is 0 Å². The Bertz CT molecular complexity index is 593. The molecule has 2 bridgehead atoms. The smallest absolute Gasteiger partial charge is 0.0326 e. The predicted molar refractivity (Wildman–Crippen MR) is 152 cm³/mol. The number of rotatable bonds is 1. The first-order valence-corrected chi connectivity index (χ1v) is 15.3.